The van der Waals surface area contributed by atoms with E-state index in [2.05, 4.69) is 0 Å². The molecule has 196 valence electrons. The molecule has 0 saturated carbocycles. The second kappa shape index (κ2) is 91.1. The van der Waals surface area contributed by atoms with Gasteiger partial charge in [0, 0.05) is 0 Å². The fraction of sp³-hybridized carbons (Fsp3) is 0. The van der Waals surface area contributed by atoms with Crippen LogP contribution in [0.5, 0.6) is 0 Å². The molecule has 43 heavy (non-hydrogen) atoms. The van der Waals surface area contributed by atoms with Gasteiger partial charge in [-0.05, 0) is 0 Å². The predicted molar refractivity (Wildman–Crippen MR) is 200 cm³/mol. The van der Waals surface area contributed by atoms with Crippen LogP contribution in [0.25, 0.3) is 0 Å². The molecular formula is H33Na18O20P5. The Morgan fingerprint density at radius 2 is 0.163 bits per heavy atom. The minimum atomic E-state index is -4.64. The molecule has 0 amide bonds. The van der Waals surface area contributed by atoms with Crippen LogP contribution < -0.4 is 0 Å². The van der Waals surface area contributed by atoms with E-state index in [1.165, 1.54) is 0 Å². The minimum absolute atomic E-state index is 0. The van der Waals surface area contributed by atoms with Crippen LogP contribution in [0.1, 0.15) is 0 Å². The molecular weight excluding hydrogens is 889 g/mol. The molecule has 15 N–H and O–H groups in total. The van der Waals surface area contributed by atoms with Gasteiger partial charge in [0.05, 0.1) is 0 Å². The molecule has 20 nitrogen and oxygen atoms in total. The van der Waals surface area contributed by atoms with E-state index in [4.69, 9.17) is 96.2 Å². The summed E-state index contributed by atoms with van der Waals surface area (Å²) in [5.41, 5.74) is 0. The molecule has 0 rings (SSSR count). The van der Waals surface area contributed by atoms with E-state index in [-0.39, 0.29) is 532 Å². The maximum absolute atomic E-state index is 8.88. The first-order valence-corrected chi connectivity index (χ1v) is 11.7. The van der Waals surface area contributed by atoms with E-state index >= 15 is 0 Å². The number of rotatable bonds is 0. The fourth-order valence-corrected chi connectivity index (χ4v) is 0. The van der Waals surface area contributed by atoms with Gasteiger partial charge in [-0.15, -0.1) is 0 Å². The summed E-state index contributed by atoms with van der Waals surface area (Å²) in [6, 6.07) is 0. The third-order valence-corrected chi connectivity index (χ3v) is 0. The molecule has 0 aromatic heterocycles. The molecule has 0 unspecified atom stereocenters. The summed E-state index contributed by atoms with van der Waals surface area (Å²) < 4.78 is 44.4. The normalized spacial score (nSPS) is 6.86. The van der Waals surface area contributed by atoms with Crippen LogP contribution >= 0.6 is 39.1 Å². The zero-order chi connectivity index (χ0) is 22.5. The van der Waals surface area contributed by atoms with Crippen molar-refractivity contribution < 1.29 is 96.2 Å². The summed E-state index contributed by atoms with van der Waals surface area (Å²) in [6.07, 6.45) is 0. The molecule has 0 spiro atoms. The summed E-state index contributed by atoms with van der Waals surface area (Å²) in [6.45, 7) is 0. The van der Waals surface area contributed by atoms with Crippen molar-refractivity contribution in [2.24, 2.45) is 0 Å². The Morgan fingerprint density at radius 1 is 0.163 bits per heavy atom. The Labute approximate surface area is 648 Å². The van der Waals surface area contributed by atoms with Crippen molar-refractivity contribution in [2.45, 2.75) is 0 Å². The molecule has 0 atom stereocenters. The summed E-state index contributed by atoms with van der Waals surface area (Å²) >= 11 is 0. The maximum atomic E-state index is 8.88. The average molecular weight is 922 g/mol. The van der Waals surface area contributed by atoms with Crippen molar-refractivity contribution in [3.63, 3.8) is 0 Å². The first kappa shape index (κ1) is 152. The van der Waals surface area contributed by atoms with Gasteiger partial charge in [0.1, 0.15) is 0 Å². The Hall–Kier alpha value is 18.6. The van der Waals surface area contributed by atoms with Crippen molar-refractivity contribution in [1.82, 2.24) is 0 Å². The van der Waals surface area contributed by atoms with Crippen LogP contribution in [0.15, 0.2) is 0 Å². The number of hydrogen-bond acceptors (Lipinski definition) is 5. The SMILES string of the molecule is O=P(O)(O)O.O=P(O)(O)O.O=P(O)(O)O.O=P(O)(O)O.O=P(O)(O)O.[NaH].[NaH].[NaH].[NaH].[NaH].[NaH].[NaH].[NaH].[NaH].[NaH].[NaH].[NaH].[NaH].[NaH].[NaH].[NaH].[NaH].[NaH]. The second-order valence-corrected chi connectivity index (χ2v) is 7.70. The van der Waals surface area contributed by atoms with E-state index in [1.807, 2.05) is 0 Å². The quantitative estimate of drug-likeness (QED) is 0.0792. The third kappa shape index (κ3) is 603. The van der Waals surface area contributed by atoms with Crippen molar-refractivity contribution >= 4 is 571 Å². The molecule has 0 heterocycles. The van der Waals surface area contributed by atoms with E-state index in [0.717, 1.165) is 0 Å². The van der Waals surface area contributed by atoms with E-state index in [1.54, 1.807) is 0 Å². The van der Waals surface area contributed by atoms with E-state index in [0.29, 0.717) is 0 Å². The van der Waals surface area contributed by atoms with E-state index in [9.17, 15) is 0 Å². The zero-order valence-corrected chi connectivity index (χ0v) is 15.5. The van der Waals surface area contributed by atoms with Crippen molar-refractivity contribution in [3.8, 4) is 0 Å². The van der Waals surface area contributed by atoms with Gasteiger partial charge >= 0.3 is 571 Å². The van der Waals surface area contributed by atoms with Crippen molar-refractivity contribution in [2.75, 3.05) is 0 Å². The Bertz CT molecular complexity index is 407. The average Bonchev–Trinajstić information content (AvgIpc) is 1.79. The molecule has 0 saturated heterocycles. The summed E-state index contributed by atoms with van der Waals surface area (Å²) in [5.74, 6) is 0. The molecule has 0 aromatic carbocycles. The molecule has 43 heteroatoms. The second-order valence-electron chi connectivity index (χ2n) is 2.57. The Morgan fingerprint density at radius 3 is 0.163 bits per heavy atom. The molecule has 0 aliphatic carbocycles. The first-order valence-electron chi connectivity index (χ1n) is 3.91. The number of phosphoric acid groups is 5. The van der Waals surface area contributed by atoms with Crippen molar-refractivity contribution in [3.05, 3.63) is 0 Å². The fourth-order valence-electron chi connectivity index (χ4n) is 0. The number of hydrogen-bond donors (Lipinski definition) is 15. The van der Waals surface area contributed by atoms with Crippen molar-refractivity contribution in [1.29, 1.82) is 0 Å². The van der Waals surface area contributed by atoms with Gasteiger partial charge in [-0.25, -0.2) is 22.8 Å². The monoisotopic (exact) mass is 922 g/mol. The van der Waals surface area contributed by atoms with Crippen LogP contribution in [0, 0.1) is 0 Å². The molecule has 0 aliphatic heterocycles. The Kier molecular flexibility index (Phi) is 322. The van der Waals surface area contributed by atoms with Crippen LogP contribution in [-0.4, -0.2) is 605 Å². The van der Waals surface area contributed by atoms with Crippen LogP contribution in [0.3, 0.4) is 0 Å². The topological polar surface area (TPSA) is 389 Å². The third-order valence-electron chi connectivity index (χ3n) is 0. The van der Waals surface area contributed by atoms with E-state index < -0.39 is 39.1 Å². The van der Waals surface area contributed by atoms with Crippen LogP contribution in [0.2, 0.25) is 0 Å². The summed E-state index contributed by atoms with van der Waals surface area (Å²) in [7, 11) is -23.2. The van der Waals surface area contributed by atoms with Crippen LogP contribution in [-0.2, 0) is 22.8 Å². The molecule has 0 aliphatic rings. The first-order chi connectivity index (χ1) is 10.0. The molecule has 0 aromatic rings. The molecule has 0 fully saturated rings. The summed E-state index contributed by atoms with van der Waals surface area (Å²) in [5, 5.41) is 0. The van der Waals surface area contributed by atoms with Gasteiger partial charge in [-0.3, -0.25) is 0 Å². The Balaban J connectivity index is -0.00000000501. The standard InChI is InChI=1S/18Na.5H3O4P.18H/c;;;;;;;;;;;;;;;;;;5*1-5(2,3)4;;;;;;;;;;;;;;;;;;/h;;;;;;;;;;;;;;;;;;5*(H3,1,2,3,4);;;;;;;;;;;;;;;;;;. The van der Waals surface area contributed by atoms with Gasteiger partial charge < -0.3 is 73.4 Å². The predicted octanol–water partition coefficient (Wildman–Crippen LogP) is -16.3. The van der Waals surface area contributed by atoms with Crippen LogP contribution in [0.4, 0.5) is 0 Å². The molecule has 0 radical (unpaired) electrons. The van der Waals surface area contributed by atoms with Gasteiger partial charge in [-0.2, -0.15) is 0 Å². The van der Waals surface area contributed by atoms with Gasteiger partial charge in [0.2, 0.25) is 0 Å². The summed E-state index contributed by atoms with van der Waals surface area (Å²) in [4.78, 5) is 108. The molecule has 0 bridgehead atoms. The van der Waals surface area contributed by atoms with Gasteiger partial charge in [0.25, 0.3) is 0 Å². The van der Waals surface area contributed by atoms with Gasteiger partial charge in [0.15, 0.2) is 0 Å². The van der Waals surface area contributed by atoms with Gasteiger partial charge in [-0.1, -0.05) is 0 Å². The zero-order valence-electron chi connectivity index (χ0n) is 11.0.